The maximum Gasteiger partial charge on any atom is 0.511 e. The van der Waals surface area contributed by atoms with Crippen molar-refractivity contribution < 1.29 is 24.1 Å². The first-order valence-corrected chi connectivity index (χ1v) is 13.1. The van der Waals surface area contributed by atoms with E-state index in [9.17, 15) is 4.79 Å². The van der Waals surface area contributed by atoms with Crippen molar-refractivity contribution in [2.45, 2.75) is 11.9 Å². The van der Waals surface area contributed by atoms with Gasteiger partial charge in [-0.2, -0.15) is 0 Å². The molecule has 2 aliphatic heterocycles. The molecule has 0 spiro atoms. The van der Waals surface area contributed by atoms with Crippen molar-refractivity contribution in [1.82, 2.24) is 4.90 Å². The first kappa shape index (κ1) is 24.3. The minimum atomic E-state index is -1.32. The van der Waals surface area contributed by atoms with E-state index in [4.69, 9.17) is 19.3 Å². The molecule has 7 nitrogen and oxygen atoms in total. The second kappa shape index (κ2) is 11.1. The molecule has 0 amide bonds. The summed E-state index contributed by atoms with van der Waals surface area (Å²) in [6.45, 7) is 5.38. The SMILES string of the molecule is COc1ccccc1N1CCN(CCSC2c3ccccc3COc3ccc(OC(=O)O)cc32)CC1. The van der Waals surface area contributed by atoms with Gasteiger partial charge in [0.05, 0.1) is 18.0 Å². The summed E-state index contributed by atoms with van der Waals surface area (Å²) in [5.74, 6) is 2.94. The van der Waals surface area contributed by atoms with E-state index in [1.54, 1.807) is 19.2 Å². The van der Waals surface area contributed by atoms with Gasteiger partial charge in [-0.05, 0) is 41.5 Å². The van der Waals surface area contributed by atoms with Crippen molar-refractivity contribution in [2.24, 2.45) is 0 Å². The smallest absolute Gasteiger partial charge is 0.495 e. The number of benzene rings is 3. The van der Waals surface area contributed by atoms with E-state index < -0.39 is 6.16 Å². The van der Waals surface area contributed by atoms with E-state index in [1.807, 2.05) is 42.1 Å². The van der Waals surface area contributed by atoms with Gasteiger partial charge in [-0.1, -0.05) is 36.4 Å². The first-order chi connectivity index (χ1) is 17.6. The number of nitrogens with zero attached hydrogens (tertiary/aromatic N) is 2. The molecule has 0 radical (unpaired) electrons. The zero-order chi connectivity index (χ0) is 24.9. The molecule has 3 aromatic rings. The Bertz CT molecular complexity index is 1210. The largest absolute Gasteiger partial charge is 0.511 e. The first-order valence-electron chi connectivity index (χ1n) is 12.1. The molecule has 0 saturated carbocycles. The zero-order valence-corrected chi connectivity index (χ0v) is 21.1. The Labute approximate surface area is 215 Å². The van der Waals surface area contributed by atoms with Crippen LogP contribution in [0.5, 0.6) is 17.2 Å². The third kappa shape index (κ3) is 5.39. The van der Waals surface area contributed by atoms with Gasteiger partial charge in [0.2, 0.25) is 0 Å². The number of ether oxygens (including phenoxy) is 3. The highest BCUT2D eigenvalue weighted by Gasteiger charge is 2.27. The molecule has 188 valence electrons. The minimum absolute atomic E-state index is 0.0333. The Kier molecular flexibility index (Phi) is 7.53. The Morgan fingerprint density at radius 2 is 1.81 bits per heavy atom. The number of piperazine rings is 1. The molecule has 1 fully saturated rings. The molecule has 8 heteroatoms. The highest BCUT2D eigenvalue weighted by Crippen LogP contribution is 2.45. The predicted octanol–water partition coefficient (Wildman–Crippen LogP) is 5.29. The molecule has 36 heavy (non-hydrogen) atoms. The maximum atomic E-state index is 11.1. The van der Waals surface area contributed by atoms with Crippen molar-refractivity contribution in [2.75, 3.05) is 50.5 Å². The van der Waals surface area contributed by atoms with Gasteiger partial charge in [0, 0.05) is 44.0 Å². The molecule has 1 unspecified atom stereocenters. The molecule has 2 aliphatic rings. The van der Waals surface area contributed by atoms with Crippen LogP contribution >= 0.6 is 11.8 Å². The van der Waals surface area contributed by atoms with E-state index in [1.165, 1.54) is 5.56 Å². The number of carbonyl (C=O) groups is 1. The monoisotopic (exact) mass is 506 g/mol. The summed E-state index contributed by atoms with van der Waals surface area (Å²) in [5.41, 5.74) is 4.46. The van der Waals surface area contributed by atoms with Crippen molar-refractivity contribution in [1.29, 1.82) is 0 Å². The van der Waals surface area contributed by atoms with Gasteiger partial charge in [-0.15, -0.1) is 11.8 Å². The van der Waals surface area contributed by atoms with Crippen molar-refractivity contribution in [3.63, 3.8) is 0 Å². The summed E-state index contributed by atoms with van der Waals surface area (Å²) < 4.78 is 16.6. The van der Waals surface area contributed by atoms with E-state index in [0.29, 0.717) is 12.4 Å². The molecular formula is C28H30N2O5S. The van der Waals surface area contributed by atoms with Gasteiger partial charge in [0.25, 0.3) is 0 Å². The van der Waals surface area contributed by atoms with E-state index in [2.05, 4.69) is 34.1 Å². The fraction of sp³-hybridized carbons (Fsp3) is 0.321. The van der Waals surface area contributed by atoms with Gasteiger partial charge in [0.15, 0.2) is 0 Å². The van der Waals surface area contributed by atoms with E-state index >= 15 is 0 Å². The van der Waals surface area contributed by atoms with Crippen LogP contribution in [-0.2, 0) is 6.61 Å². The van der Waals surface area contributed by atoms with Gasteiger partial charge in [0.1, 0.15) is 23.9 Å². The van der Waals surface area contributed by atoms with Gasteiger partial charge < -0.3 is 24.2 Å². The fourth-order valence-electron chi connectivity index (χ4n) is 4.85. The molecule has 0 aliphatic carbocycles. The number of anilines is 1. The normalized spacial score (nSPS) is 17.4. The molecule has 0 bridgehead atoms. The van der Waals surface area contributed by atoms with Crippen LogP contribution in [0.1, 0.15) is 21.9 Å². The third-order valence-corrected chi connectivity index (χ3v) is 7.94. The summed E-state index contributed by atoms with van der Waals surface area (Å²) in [4.78, 5) is 16.0. The average molecular weight is 507 g/mol. The molecule has 5 rings (SSSR count). The molecule has 0 aromatic heterocycles. The number of hydrogen-bond acceptors (Lipinski definition) is 7. The molecule has 2 heterocycles. The van der Waals surface area contributed by atoms with E-state index in [-0.39, 0.29) is 5.25 Å². The number of hydrogen-bond donors (Lipinski definition) is 1. The number of methoxy groups -OCH3 is 1. The van der Waals surface area contributed by atoms with Crippen LogP contribution in [0.25, 0.3) is 0 Å². The van der Waals surface area contributed by atoms with Crippen LogP contribution < -0.4 is 19.1 Å². The topological polar surface area (TPSA) is 71.5 Å². The summed E-state index contributed by atoms with van der Waals surface area (Å²) in [7, 11) is 1.72. The molecular weight excluding hydrogens is 476 g/mol. The highest BCUT2D eigenvalue weighted by molar-refractivity contribution is 7.99. The van der Waals surface area contributed by atoms with Crippen LogP contribution in [0.3, 0.4) is 0 Å². The third-order valence-electron chi connectivity index (χ3n) is 6.68. The summed E-state index contributed by atoms with van der Waals surface area (Å²) in [6.07, 6.45) is -1.32. The van der Waals surface area contributed by atoms with E-state index in [0.717, 1.165) is 66.8 Å². The number of thioether (sulfide) groups is 1. The lowest BCUT2D eigenvalue weighted by Gasteiger charge is -2.36. The predicted molar refractivity (Wildman–Crippen MR) is 142 cm³/mol. The number of fused-ring (bicyclic) bond motifs is 2. The summed E-state index contributed by atoms with van der Waals surface area (Å²) in [6, 6.07) is 21.8. The van der Waals surface area contributed by atoms with Crippen LogP contribution in [-0.4, -0.2) is 61.7 Å². The van der Waals surface area contributed by atoms with Crippen molar-refractivity contribution in [3.8, 4) is 17.2 Å². The zero-order valence-electron chi connectivity index (χ0n) is 20.3. The average Bonchev–Trinajstić information content (AvgIpc) is 3.05. The standard InChI is InChI=1S/C28H30N2O5S/c1-33-26-9-5-4-8-24(26)30-14-12-29(13-15-30)16-17-36-27-22-7-3-2-6-20(22)19-34-25-11-10-21(18-23(25)27)35-28(31)32/h2-11,18,27H,12-17,19H2,1H3,(H,31,32). The summed E-state index contributed by atoms with van der Waals surface area (Å²) >= 11 is 1.86. The molecule has 1 saturated heterocycles. The maximum absolute atomic E-state index is 11.1. The van der Waals surface area contributed by atoms with Crippen LogP contribution in [0.2, 0.25) is 0 Å². The minimum Gasteiger partial charge on any atom is -0.495 e. The lowest BCUT2D eigenvalue weighted by atomic mass is 10.00. The highest BCUT2D eigenvalue weighted by atomic mass is 32.2. The molecule has 3 aromatic carbocycles. The second-order valence-corrected chi connectivity index (χ2v) is 10.0. The lowest BCUT2D eigenvalue weighted by molar-refractivity contribution is 0.144. The molecule has 1 N–H and O–H groups in total. The Morgan fingerprint density at radius 1 is 1.03 bits per heavy atom. The second-order valence-electron chi connectivity index (χ2n) is 8.81. The van der Waals surface area contributed by atoms with Crippen LogP contribution in [0, 0.1) is 0 Å². The van der Waals surface area contributed by atoms with Crippen molar-refractivity contribution in [3.05, 3.63) is 83.4 Å². The number of rotatable bonds is 7. The summed E-state index contributed by atoms with van der Waals surface area (Å²) in [5, 5.41) is 9.12. The van der Waals surface area contributed by atoms with Crippen LogP contribution in [0.15, 0.2) is 66.7 Å². The van der Waals surface area contributed by atoms with Gasteiger partial charge in [-0.3, -0.25) is 4.90 Å². The van der Waals surface area contributed by atoms with Gasteiger partial charge in [-0.25, -0.2) is 4.79 Å². The Balaban J connectivity index is 1.26. The Hall–Kier alpha value is -3.36. The molecule has 1 atom stereocenters. The fourth-order valence-corrected chi connectivity index (χ4v) is 6.23. The Morgan fingerprint density at radius 3 is 2.61 bits per heavy atom. The van der Waals surface area contributed by atoms with Crippen LogP contribution in [0.4, 0.5) is 10.5 Å². The lowest BCUT2D eigenvalue weighted by Crippen LogP contribution is -2.47. The number of carboxylic acid groups (broad SMARTS) is 1. The van der Waals surface area contributed by atoms with Crippen molar-refractivity contribution >= 4 is 23.6 Å². The number of para-hydroxylation sites is 2. The van der Waals surface area contributed by atoms with Gasteiger partial charge >= 0.3 is 6.16 Å². The quantitative estimate of drug-likeness (QED) is 0.342.